The van der Waals surface area contributed by atoms with E-state index in [2.05, 4.69) is 0 Å². The lowest BCUT2D eigenvalue weighted by atomic mass is 10.0. The molecule has 0 radical (unpaired) electrons. The van der Waals surface area contributed by atoms with Gasteiger partial charge >= 0.3 is 0 Å². The van der Waals surface area contributed by atoms with Gasteiger partial charge in [-0.1, -0.05) is 0 Å². The van der Waals surface area contributed by atoms with Crippen LogP contribution >= 0.6 is 0 Å². The summed E-state index contributed by atoms with van der Waals surface area (Å²) < 4.78 is 45.3. The van der Waals surface area contributed by atoms with Crippen LogP contribution in [0.25, 0.3) is 0 Å². The van der Waals surface area contributed by atoms with Crippen molar-refractivity contribution in [2.24, 2.45) is 11.7 Å². The van der Waals surface area contributed by atoms with Gasteiger partial charge in [0.25, 0.3) is 0 Å². The van der Waals surface area contributed by atoms with Crippen molar-refractivity contribution >= 4 is 10.0 Å². The topological polar surface area (TPSA) is 72.6 Å². The normalized spacial score (nSPS) is 20.6. The van der Waals surface area contributed by atoms with Gasteiger partial charge in [-0.3, -0.25) is 0 Å². The molecule has 1 unspecified atom stereocenters. The van der Waals surface area contributed by atoms with Crippen LogP contribution in [0.1, 0.15) is 18.4 Å². The lowest BCUT2D eigenvalue weighted by Crippen LogP contribution is -2.41. The van der Waals surface area contributed by atoms with Crippen molar-refractivity contribution in [2.75, 3.05) is 26.8 Å². The van der Waals surface area contributed by atoms with E-state index in [0.717, 1.165) is 18.9 Å². The van der Waals surface area contributed by atoms with E-state index in [-0.39, 0.29) is 22.9 Å². The van der Waals surface area contributed by atoms with Gasteiger partial charge in [0.2, 0.25) is 10.0 Å². The standard InChI is InChI=1S/C14H21FN2O3S/c1-20-10-11-3-2-6-17(9-11)21(18,19)13-4-5-14(15)12(7-13)8-16/h4-5,7,11H,2-3,6,8-10,16H2,1H3. The number of benzene rings is 1. The van der Waals surface area contributed by atoms with Crippen LogP contribution in [0.5, 0.6) is 0 Å². The lowest BCUT2D eigenvalue weighted by Gasteiger charge is -2.31. The van der Waals surface area contributed by atoms with Crippen molar-refractivity contribution in [3.8, 4) is 0 Å². The highest BCUT2D eigenvalue weighted by Crippen LogP contribution is 2.25. The fourth-order valence-electron chi connectivity index (χ4n) is 2.63. The number of hydrogen-bond donors (Lipinski definition) is 1. The van der Waals surface area contributed by atoms with Gasteiger partial charge in [-0.2, -0.15) is 4.31 Å². The Hall–Kier alpha value is -1.02. The third kappa shape index (κ3) is 3.60. The Morgan fingerprint density at radius 3 is 2.90 bits per heavy atom. The van der Waals surface area contributed by atoms with Crippen LogP contribution in [0.4, 0.5) is 4.39 Å². The molecule has 0 aliphatic carbocycles. The second-order valence-corrected chi connectivity index (χ2v) is 7.22. The van der Waals surface area contributed by atoms with Crippen LogP contribution in [-0.2, 0) is 21.3 Å². The summed E-state index contributed by atoms with van der Waals surface area (Å²) in [6, 6.07) is 3.78. The molecule has 1 aromatic carbocycles. The molecular formula is C14H21FN2O3S. The highest BCUT2D eigenvalue weighted by molar-refractivity contribution is 7.89. The fourth-order valence-corrected chi connectivity index (χ4v) is 4.24. The molecule has 0 bridgehead atoms. The zero-order valence-electron chi connectivity index (χ0n) is 12.1. The molecule has 5 nitrogen and oxygen atoms in total. The zero-order valence-corrected chi connectivity index (χ0v) is 12.9. The number of methoxy groups -OCH3 is 1. The summed E-state index contributed by atoms with van der Waals surface area (Å²) in [4.78, 5) is 0.0995. The van der Waals surface area contributed by atoms with Crippen molar-refractivity contribution in [1.82, 2.24) is 4.31 Å². The summed E-state index contributed by atoms with van der Waals surface area (Å²) in [7, 11) is -2.00. The lowest BCUT2D eigenvalue weighted by molar-refractivity contribution is 0.118. The second-order valence-electron chi connectivity index (χ2n) is 5.28. The van der Waals surface area contributed by atoms with Gasteiger partial charge in [0.1, 0.15) is 5.82 Å². The molecule has 1 heterocycles. The average Bonchev–Trinajstić information content (AvgIpc) is 2.48. The Morgan fingerprint density at radius 1 is 1.48 bits per heavy atom. The minimum atomic E-state index is -3.61. The van der Waals surface area contributed by atoms with Crippen LogP contribution in [0.2, 0.25) is 0 Å². The Kier molecular flexibility index (Phi) is 5.32. The Morgan fingerprint density at radius 2 is 2.24 bits per heavy atom. The molecule has 1 atom stereocenters. The highest BCUT2D eigenvalue weighted by atomic mass is 32.2. The quantitative estimate of drug-likeness (QED) is 0.889. The molecule has 21 heavy (non-hydrogen) atoms. The Labute approximate surface area is 124 Å². The largest absolute Gasteiger partial charge is 0.384 e. The second kappa shape index (κ2) is 6.83. The van der Waals surface area contributed by atoms with Gasteiger partial charge in [0.05, 0.1) is 11.5 Å². The fraction of sp³-hybridized carbons (Fsp3) is 0.571. The van der Waals surface area contributed by atoms with Gasteiger partial charge in [-0.05, 0) is 37.0 Å². The molecule has 2 N–H and O–H groups in total. The first-order valence-electron chi connectivity index (χ1n) is 6.96. The highest BCUT2D eigenvalue weighted by Gasteiger charge is 2.30. The van der Waals surface area contributed by atoms with Crippen molar-refractivity contribution in [2.45, 2.75) is 24.3 Å². The Balaban J connectivity index is 2.25. The number of nitrogens with two attached hydrogens (primary N) is 1. The first-order valence-corrected chi connectivity index (χ1v) is 8.40. The van der Waals surface area contributed by atoms with Crippen LogP contribution < -0.4 is 5.73 Å². The minimum Gasteiger partial charge on any atom is -0.384 e. The number of rotatable bonds is 5. The molecule has 118 valence electrons. The number of piperidine rings is 1. The zero-order chi connectivity index (χ0) is 15.5. The number of nitrogens with zero attached hydrogens (tertiary/aromatic N) is 1. The van der Waals surface area contributed by atoms with E-state index < -0.39 is 15.8 Å². The van der Waals surface area contributed by atoms with Crippen LogP contribution in [0.3, 0.4) is 0 Å². The number of hydrogen-bond acceptors (Lipinski definition) is 4. The van der Waals surface area contributed by atoms with Crippen molar-refractivity contribution in [1.29, 1.82) is 0 Å². The molecular weight excluding hydrogens is 295 g/mol. The van der Waals surface area contributed by atoms with Gasteiger partial charge in [0, 0.05) is 32.3 Å². The SMILES string of the molecule is COCC1CCCN(S(=O)(=O)c2ccc(F)c(CN)c2)C1. The maximum absolute atomic E-state index is 13.5. The molecule has 1 aliphatic heterocycles. The van der Waals surface area contributed by atoms with Crippen molar-refractivity contribution in [3.05, 3.63) is 29.6 Å². The average molecular weight is 316 g/mol. The van der Waals surface area contributed by atoms with E-state index in [0.29, 0.717) is 19.7 Å². The van der Waals surface area contributed by atoms with Crippen molar-refractivity contribution < 1.29 is 17.5 Å². The molecule has 1 saturated heterocycles. The maximum Gasteiger partial charge on any atom is 0.243 e. The molecule has 0 amide bonds. The molecule has 0 aromatic heterocycles. The first-order chi connectivity index (χ1) is 9.98. The molecule has 0 saturated carbocycles. The van der Waals surface area contributed by atoms with Crippen LogP contribution in [-0.4, -0.2) is 39.5 Å². The summed E-state index contributed by atoms with van der Waals surface area (Å²) >= 11 is 0. The van der Waals surface area contributed by atoms with Crippen LogP contribution in [0, 0.1) is 11.7 Å². The summed E-state index contributed by atoms with van der Waals surface area (Å²) in [5, 5.41) is 0. The van der Waals surface area contributed by atoms with E-state index in [1.165, 1.54) is 16.4 Å². The van der Waals surface area contributed by atoms with E-state index >= 15 is 0 Å². The summed E-state index contributed by atoms with van der Waals surface area (Å²) in [5.41, 5.74) is 5.65. The third-order valence-corrected chi connectivity index (χ3v) is 5.62. The first kappa shape index (κ1) is 16.4. The monoisotopic (exact) mass is 316 g/mol. The number of sulfonamides is 1. The van der Waals surface area contributed by atoms with Gasteiger partial charge < -0.3 is 10.5 Å². The number of ether oxygens (including phenoxy) is 1. The predicted molar refractivity (Wildman–Crippen MR) is 77.7 cm³/mol. The van der Waals surface area contributed by atoms with E-state index in [9.17, 15) is 12.8 Å². The van der Waals surface area contributed by atoms with E-state index in [1.54, 1.807) is 7.11 Å². The molecule has 1 aromatic rings. The van der Waals surface area contributed by atoms with Gasteiger partial charge in [-0.15, -0.1) is 0 Å². The maximum atomic E-state index is 13.5. The molecule has 2 rings (SSSR count). The van der Waals surface area contributed by atoms with Gasteiger partial charge in [-0.25, -0.2) is 12.8 Å². The van der Waals surface area contributed by atoms with Crippen molar-refractivity contribution in [3.63, 3.8) is 0 Å². The van der Waals surface area contributed by atoms with E-state index in [4.69, 9.17) is 10.5 Å². The van der Waals surface area contributed by atoms with E-state index in [1.807, 2.05) is 0 Å². The molecule has 0 spiro atoms. The molecule has 7 heteroatoms. The molecule has 1 aliphatic rings. The Bertz CT molecular complexity index is 590. The molecule has 1 fully saturated rings. The predicted octanol–water partition coefficient (Wildman–Crippen LogP) is 1.33. The number of halogens is 1. The smallest absolute Gasteiger partial charge is 0.243 e. The summed E-state index contributed by atoms with van der Waals surface area (Å²) in [5.74, 6) is -0.277. The summed E-state index contributed by atoms with van der Waals surface area (Å²) in [6.45, 7) is 1.44. The third-order valence-electron chi connectivity index (χ3n) is 3.76. The van der Waals surface area contributed by atoms with Crippen LogP contribution in [0.15, 0.2) is 23.1 Å². The minimum absolute atomic E-state index is 0.0263. The van der Waals surface area contributed by atoms with Gasteiger partial charge in [0.15, 0.2) is 0 Å². The summed E-state index contributed by atoms with van der Waals surface area (Å²) in [6.07, 6.45) is 1.76.